The number of carbonyl (C=O) groups is 2. The van der Waals surface area contributed by atoms with Gasteiger partial charge in [0.05, 0.1) is 26.1 Å². The third kappa shape index (κ3) is 10.8. The monoisotopic (exact) mass is 288 g/mol. The zero-order valence-corrected chi connectivity index (χ0v) is 12.9. The summed E-state index contributed by atoms with van der Waals surface area (Å²) in [4.78, 5) is 24.5. The number of likely N-dealkylation sites (N-methyl/N-ethyl adjacent to an activating group) is 1. The van der Waals surface area contributed by atoms with Crippen LogP contribution >= 0.6 is 0 Å². The van der Waals surface area contributed by atoms with E-state index in [2.05, 4.69) is 17.1 Å². The summed E-state index contributed by atoms with van der Waals surface area (Å²) in [6.45, 7) is 10.4. The average Bonchev–Trinajstić information content (AvgIpc) is 2.42. The Morgan fingerprint density at radius 1 is 0.900 bits per heavy atom. The van der Waals surface area contributed by atoms with E-state index in [0.29, 0.717) is 39.1 Å². The molecule has 118 valence electrons. The van der Waals surface area contributed by atoms with Crippen molar-refractivity contribution in [2.24, 2.45) is 0 Å². The number of nitrogens with zero attached hydrogens (tertiary/aromatic N) is 1. The summed E-state index contributed by atoms with van der Waals surface area (Å²) < 4.78 is 9.73. The standard InChI is InChI=1S/C14H28N2O4/c1-4-16(11-8-14(18)20-6-3)12-10-15-9-7-13(17)19-5-2/h15H,4-12H2,1-3H3. The van der Waals surface area contributed by atoms with Crippen LogP contribution in [0.5, 0.6) is 0 Å². The fourth-order valence-corrected chi connectivity index (χ4v) is 1.70. The van der Waals surface area contributed by atoms with Crippen LogP contribution in [0.2, 0.25) is 0 Å². The van der Waals surface area contributed by atoms with Gasteiger partial charge in [-0.25, -0.2) is 0 Å². The highest BCUT2D eigenvalue weighted by Crippen LogP contribution is 1.93. The molecule has 6 heteroatoms. The van der Waals surface area contributed by atoms with Crippen molar-refractivity contribution in [2.45, 2.75) is 33.6 Å². The predicted molar refractivity (Wildman–Crippen MR) is 77.5 cm³/mol. The van der Waals surface area contributed by atoms with Gasteiger partial charge in [0, 0.05) is 26.2 Å². The molecule has 0 aromatic heterocycles. The summed E-state index contributed by atoms with van der Waals surface area (Å²) in [5.74, 6) is -0.323. The topological polar surface area (TPSA) is 67.9 Å². The van der Waals surface area contributed by atoms with Crippen molar-refractivity contribution in [3.8, 4) is 0 Å². The maximum absolute atomic E-state index is 11.3. The van der Waals surface area contributed by atoms with Crippen molar-refractivity contribution in [3.05, 3.63) is 0 Å². The van der Waals surface area contributed by atoms with E-state index in [1.165, 1.54) is 0 Å². The first-order valence-electron chi connectivity index (χ1n) is 7.38. The van der Waals surface area contributed by atoms with Gasteiger partial charge in [-0.2, -0.15) is 0 Å². The molecule has 0 bridgehead atoms. The Hall–Kier alpha value is -1.14. The van der Waals surface area contributed by atoms with E-state index in [1.807, 2.05) is 6.92 Å². The van der Waals surface area contributed by atoms with Gasteiger partial charge in [-0.3, -0.25) is 9.59 Å². The Labute approximate surface area is 121 Å². The zero-order valence-electron chi connectivity index (χ0n) is 12.9. The normalized spacial score (nSPS) is 10.6. The summed E-state index contributed by atoms with van der Waals surface area (Å²) in [5.41, 5.74) is 0. The van der Waals surface area contributed by atoms with E-state index in [4.69, 9.17) is 9.47 Å². The lowest BCUT2D eigenvalue weighted by Gasteiger charge is -2.19. The zero-order chi connectivity index (χ0) is 15.2. The minimum Gasteiger partial charge on any atom is -0.466 e. The maximum atomic E-state index is 11.3. The molecule has 0 atom stereocenters. The molecule has 0 saturated carbocycles. The Balaban J connectivity index is 3.59. The van der Waals surface area contributed by atoms with Crippen LogP contribution in [0.1, 0.15) is 33.6 Å². The smallest absolute Gasteiger partial charge is 0.307 e. The number of carbonyl (C=O) groups excluding carboxylic acids is 2. The summed E-state index contributed by atoms with van der Waals surface area (Å²) >= 11 is 0. The summed E-state index contributed by atoms with van der Waals surface area (Å²) in [6.07, 6.45) is 0.813. The Bertz CT molecular complexity index is 272. The molecule has 1 N–H and O–H groups in total. The second-order valence-electron chi connectivity index (χ2n) is 4.29. The van der Waals surface area contributed by atoms with E-state index in [-0.39, 0.29) is 11.9 Å². The van der Waals surface area contributed by atoms with Crippen molar-refractivity contribution in [3.63, 3.8) is 0 Å². The fourth-order valence-electron chi connectivity index (χ4n) is 1.70. The second-order valence-corrected chi connectivity index (χ2v) is 4.29. The van der Waals surface area contributed by atoms with Gasteiger partial charge in [-0.15, -0.1) is 0 Å². The van der Waals surface area contributed by atoms with Gasteiger partial charge < -0.3 is 19.7 Å². The van der Waals surface area contributed by atoms with Crippen LogP contribution in [-0.2, 0) is 19.1 Å². The first-order valence-corrected chi connectivity index (χ1v) is 7.38. The van der Waals surface area contributed by atoms with Gasteiger partial charge >= 0.3 is 11.9 Å². The third-order valence-electron chi connectivity index (χ3n) is 2.80. The second kappa shape index (κ2) is 12.9. The van der Waals surface area contributed by atoms with Crippen LogP contribution in [-0.4, -0.2) is 62.8 Å². The van der Waals surface area contributed by atoms with Crippen LogP contribution in [0, 0.1) is 0 Å². The minimum atomic E-state index is -0.172. The minimum absolute atomic E-state index is 0.152. The molecule has 0 unspecified atom stereocenters. The van der Waals surface area contributed by atoms with Gasteiger partial charge in [0.15, 0.2) is 0 Å². The Kier molecular flexibility index (Phi) is 12.1. The van der Waals surface area contributed by atoms with Gasteiger partial charge in [0.1, 0.15) is 0 Å². The molecule has 0 aliphatic rings. The quantitative estimate of drug-likeness (QED) is 0.423. The summed E-state index contributed by atoms with van der Waals surface area (Å²) in [6, 6.07) is 0. The molecule has 20 heavy (non-hydrogen) atoms. The van der Waals surface area contributed by atoms with E-state index < -0.39 is 0 Å². The van der Waals surface area contributed by atoms with Crippen LogP contribution in [0.25, 0.3) is 0 Å². The molecule has 0 aromatic carbocycles. The van der Waals surface area contributed by atoms with Crippen molar-refractivity contribution < 1.29 is 19.1 Å². The number of esters is 2. The molecule has 0 aromatic rings. The van der Waals surface area contributed by atoms with Gasteiger partial charge in [0.2, 0.25) is 0 Å². The van der Waals surface area contributed by atoms with Crippen molar-refractivity contribution in [1.82, 2.24) is 10.2 Å². The molecule has 0 rings (SSSR count). The number of ether oxygens (including phenoxy) is 2. The molecular formula is C14H28N2O4. The summed E-state index contributed by atoms with van der Waals surface area (Å²) in [5, 5.41) is 3.19. The lowest BCUT2D eigenvalue weighted by molar-refractivity contribution is -0.144. The molecule has 0 fully saturated rings. The first kappa shape index (κ1) is 18.9. The number of rotatable bonds is 12. The molecule has 0 radical (unpaired) electrons. The van der Waals surface area contributed by atoms with Crippen LogP contribution in [0.15, 0.2) is 0 Å². The van der Waals surface area contributed by atoms with Crippen molar-refractivity contribution in [2.75, 3.05) is 45.9 Å². The Morgan fingerprint density at radius 3 is 2.05 bits per heavy atom. The third-order valence-corrected chi connectivity index (χ3v) is 2.80. The number of hydrogen-bond acceptors (Lipinski definition) is 6. The fraction of sp³-hybridized carbons (Fsp3) is 0.857. The largest absolute Gasteiger partial charge is 0.466 e. The molecule has 0 amide bonds. The van der Waals surface area contributed by atoms with E-state index >= 15 is 0 Å². The maximum Gasteiger partial charge on any atom is 0.307 e. The van der Waals surface area contributed by atoms with E-state index in [9.17, 15) is 9.59 Å². The van der Waals surface area contributed by atoms with Gasteiger partial charge in [0.25, 0.3) is 0 Å². The molecule has 6 nitrogen and oxygen atoms in total. The molecule has 0 saturated heterocycles. The molecule has 0 heterocycles. The van der Waals surface area contributed by atoms with Gasteiger partial charge in [-0.05, 0) is 20.4 Å². The first-order chi connectivity index (χ1) is 9.63. The van der Waals surface area contributed by atoms with Crippen molar-refractivity contribution >= 4 is 11.9 Å². The van der Waals surface area contributed by atoms with Crippen molar-refractivity contribution in [1.29, 1.82) is 0 Å². The number of hydrogen-bond donors (Lipinski definition) is 1. The highest BCUT2D eigenvalue weighted by atomic mass is 16.5. The van der Waals surface area contributed by atoms with E-state index in [0.717, 1.165) is 19.6 Å². The number of nitrogens with one attached hydrogen (secondary N) is 1. The molecule has 0 aliphatic carbocycles. The lowest BCUT2D eigenvalue weighted by Crippen LogP contribution is -2.34. The molecule has 0 aliphatic heterocycles. The highest BCUT2D eigenvalue weighted by molar-refractivity contribution is 5.69. The lowest BCUT2D eigenvalue weighted by atomic mass is 10.3. The summed E-state index contributed by atoms with van der Waals surface area (Å²) in [7, 11) is 0. The SMILES string of the molecule is CCOC(=O)CCNCCN(CC)CCC(=O)OCC. The van der Waals surface area contributed by atoms with Crippen LogP contribution in [0.4, 0.5) is 0 Å². The van der Waals surface area contributed by atoms with Gasteiger partial charge in [-0.1, -0.05) is 6.92 Å². The molecule has 0 spiro atoms. The Morgan fingerprint density at radius 2 is 1.50 bits per heavy atom. The van der Waals surface area contributed by atoms with E-state index in [1.54, 1.807) is 6.92 Å². The highest BCUT2D eigenvalue weighted by Gasteiger charge is 2.07. The van der Waals surface area contributed by atoms with Crippen LogP contribution in [0.3, 0.4) is 0 Å². The average molecular weight is 288 g/mol. The molecular weight excluding hydrogens is 260 g/mol. The van der Waals surface area contributed by atoms with Crippen LogP contribution < -0.4 is 5.32 Å². The predicted octanol–water partition coefficient (Wildman–Crippen LogP) is 0.804.